The molecule has 4 aromatic rings. The Kier molecular flexibility index (Phi) is 9.29. The molecule has 0 bridgehead atoms. The Morgan fingerprint density at radius 1 is 1.04 bits per heavy atom. The molecule has 2 saturated heterocycles. The van der Waals surface area contributed by atoms with Crippen LogP contribution >= 0.6 is 11.6 Å². The molecule has 5 heterocycles. The maximum Gasteiger partial charge on any atom is 0.410 e. The molecular weight excluding hydrogens is 666 g/mol. The summed E-state index contributed by atoms with van der Waals surface area (Å²) < 4.78 is 66.0. The highest BCUT2D eigenvalue weighted by Gasteiger charge is 2.33. The molecule has 2 aliphatic heterocycles. The number of nitrogens with zero attached hydrogens (tertiary/aromatic N) is 7. The van der Waals surface area contributed by atoms with E-state index in [1.165, 1.54) is 16.8 Å². The van der Waals surface area contributed by atoms with Crippen molar-refractivity contribution in [3.05, 3.63) is 72.0 Å². The molecule has 0 unspecified atom stereocenters. The van der Waals surface area contributed by atoms with E-state index in [9.17, 15) is 17.6 Å². The third-order valence-corrected chi connectivity index (χ3v) is 9.64. The second-order valence-corrected chi connectivity index (χ2v) is 14.7. The topological polar surface area (TPSA) is 126 Å². The lowest BCUT2D eigenvalue weighted by Gasteiger charge is -2.36. The molecule has 0 radical (unpaired) electrons. The fraction of sp³-hybridized carbons (Fsp3) is 0.375. The summed E-state index contributed by atoms with van der Waals surface area (Å²) >= 11 is 6.39. The van der Waals surface area contributed by atoms with E-state index in [4.69, 9.17) is 21.4 Å². The van der Waals surface area contributed by atoms with Crippen LogP contribution in [0.5, 0.6) is 0 Å². The largest absolute Gasteiger partial charge is 0.444 e. The van der Waals surface area contributed by atoms with Crippen LogP contribution in [0.4, 0.5) is 25.0 Å². The molecule has 0 aliphatic carbocycles. The van der Waals surface area contributed by atoms with Crippen LogP contribution in [0.15, 0.2) is 61.2 Å². The van der Waals surface area contributed by atoms with E-state index in [-0.39, 0.29) is 41.9 Å². The van der Waals surface area contributed by atoms with Gasteiger partial charge >= 0.3 is 16.3 Å². The summed E-state index contributed by atoms with van der Waals surface area (Å²) in [6, 6.07) is 9.68. The van der Waals surface area contributed by atoms with Crippen LogP contribution in [0, 0.1) is 5.82 Å². The fourth-order valence-corrected chi connectivity index (χ4v) is 7.03. The lowest BCUT2D eigenvalue weighted by molar-refractivity contribution is 0.0240. The summed E-state index contributed by atoms with van der Waals surface area (Å²) in [5.74, 6) is -0.423. The van der Waals surface area contributed by atoms with Crippen molar-refractivity contribution < 1.29 is 26.7 Å². The number of carbonyl (C=O) groups is 1. The molecule has 1 N–H and O–H groups in total. The summed E-state index contributed by atoms with van der Waals surface area (Å²) in [6.07, 6.45) is 4.91. The van der Waals surface area contributed by atoms with Gasteiger partial charge in [0.15, 0.2) is 11.6 Å². The molecule has 6 rings (SSSR count). The highest BCUT2D eigenvalue weighted by molar-refractivity contribution is 7.90. The monoisotopic (exact) mass is 700 g/mol. The van der Waals surface area contributed by atoms with E-state index in [1.807, 2.05) is 26.8 Å². The molecule has 1 atom stereocenters. The Hall–Kier alpha value is -4.34. The normalized spacial score (nSPS) is 17.5. The second kappa shape index (κ2) is 13.3. The highest BCUT2D eigenvalue weighted by Crippen LogP contribution is 2.38. The standard InChI is InChI=1S/C32H35ClF2N8O4S/c1-32(2,3)47-31(44)41-14-12-40(13-15-41)24-4-5-28(37-18-24)43-20-26(30(38-43)21-6-9-36-10-7-21)25-16-22(33)17-27(29(25)35)39-48(45,46)42-11-8-23(34)19-42/h4-7,9-10,16-18,20,23,39H,8,11-15,19H2,1-3H3/t23-/m1/s1. The number of pyridine rings is 2. The smallest absolute Gasteiger partial charge is 0.410 e. The van der Waals surface area contributed by atoms with Crippen molar-refractivity contribution in [1.82, 2.24) is 29.0 Å². The van der Waals surface area contributed by atoms with Crippen molar-refractivity contribution >= 4 is 39.3 Å². The van der Waals surface area contributed by atoms with Gasteiger partial charge in [0, 0.05) is 79.6 Å². The number of nitrogens with one attached hydrogen (secondary N) is 1. The number of ether oxygens (including phenoxy) is 1. The third kappa shape index (κ3) is 7.37. The molecule has 3 aromatic heterocycles. The van der Waals surface area contributed by atoms with Crippen LogP contribution < -0.4 is 9.62 Å². The number of halogens is 3. The Morgan fingerprint density at radius 2 is 1.77 bits per heavy atom. The van der Waals surface area contributed by atoms with Crippen LogP contribution in [0.3, 0.4) is 0 Å². The molecule has 16 heteroatoms. The molecular formula is C32H35ClF2N8O4S. The van der Waals surface area contributed by atoms with Gasteiger partial charge in [-0.1, -0.05) is 11.6 Å². The van der Waals surface area contributed by atoms with Crippen LogP contribution in [0.1, 0.15) is 27.2 Å². The minimum Gasteiger partial charge on any atom is -0.444 e. The van der Waals surface area contributed by atoms with Gasteiger partial charge in [0.2, 0.25) is 0 Å². The van der Waals surface area contributed by atoms with Gasteiger partial charge in [0.25, 0.3) is 0 Å². The van der Waals surface area contributed by atoms with Crippen molar-refractivity contribution in [2.45, 2.75) is 39.0 Å². The zero-order valence-corrected chi connectivity index (χ0v) is 28.2. The maximum absolute atomic E-state index is 16.2. The van der Waals surface area contributed by atoms with Crippen molar-refractivity contribution in [3.63, 3.8) is 0 Å². The van der Waals surface area contributed by atoms with E-state index in [0.717, 1.165) is 9.99 Å². The number of alkyl halides is 1. The van der Waals surface area contributed by atoms with Gasteiger partial charge < -0.3 is 14.5 Å². The average molecular weight is 701 g/mol. The van der Waals surface area contributed by atoms with Crippen molar-refractivity contribution in [1.29, 1.82) is 0 Å². The highest BCUT2D eigenvalue weighted by atomic mass is 35.5. The SMILES string of the molecule is CC(C)(C)OC(=O)N1CCN(c2ccc(-n3cc(-c4cc(Cl)cc(NS(=O)(=O)N5CC[C@@H](F)C5)c4F)c(-c4ccncc4)n3)nc2)CC1. The maximum atomic E-state index is 16.2. The van der Waals surface area contributed by atoms with Crippen molar-refractivity contribution in [2.75, 3.05) is 48.9 Å². The summed E-state index contributed by atoms with van der Waals surface area (Å²) in [7, 11) is -4.24. The first-order valence-electron chi connectivity index (χ1n) is 15.4. The average Bonchev–Trinajstić information content (AvgIpc) is 3.70. The molecule has 2 fully saturated rings. The predicted octanol–water partition coefficient (Wildman–Crippen LogP) is 5.55. The van der Waals surface area contributed by atoms with Crippen molar-refractivity contribution in [3.8, 4) is 28.2 Å². The predicted molar refractivity (Wildman–Crippen MR) is 179 cm³/mol. The van der Waals surface area contributed by atoms with E-state index in [2.05, 4.69) is 19.6 Å². The van der Waals surface area contributed by atoms with E-state index >= 15 is 4.39 Å². The summed E-state index contributed by atoms with van der Waals surface area (Å²) in [4.78, 5) is 25.0. The van der Waals surface area contributed by atoms with Gasteiger partial charge in [-0.2, -0.15) is 17.8 Å². The Balaban J connectivity index is 1.28. The number of anilines is 2. The Morgan fingerprint density at radius 3 is 2.40 bits per heavy atom. The van der Waals surface area contributed by atoms with E-state index in [1.54, 1.807) is 47.9 Å². The van der Waals surface area contributed by atoms with Gasteiger partial charge in [-0.05, 0) is 63.6 Å². The number of aromatic nitrogens is 4. The molecule has 2 aliphatic rings. The number of hydrogen-bond acceptors (Lipinski definition) is 8. The van der Waals surface area contributed by atoms with E-state index < -0.39 is 27.8 Å². The number of amides is 1. The van der Waals surface area contributed by atoms with Crippen molar-refractivity contribution in [2.24, 2.45) is 0 Å². The van der Waals surface area contributed by atoms with Crippen LogP contribution in [-0.4, -0.2) is 94.5 Å². The molecule has 1 amide bonds. The first-order chi connectivity index (χ1) is 22.8. The van der Waals surface area contributed by atoms with Crippen LogP contribution in [0.2, 0.25) is 5.02 Å². The molecule has 254 valence electrons. The third-order valence-electron chi connectivity index (χ3n) is 7.93. The number of carbonyl (C=O) groups excluding carboxylic acids is 1. The molecule has 0 spiro atoms. The van der Waals surface area contributed by atoms with Crippen LogP contribution in [0.25, 0.3) is 28.2 Å². The van der Waals surface area contributed by atoms with Crippen LogP contribution in [-0.2, 0) is 14.9 Å². The number of rotatable bonds is 7. The fourth-order valence-electron chi connectivity index (χ4n) is 5.55. The minimum atomic E-state index is -4.24. The summed E-state index contributed by atoms with van der Waals surface area (Å²) in [6.45, 7) is 7.40. The number of benzene rings is 1. The lowest BCUT2D eigenvalue weighted by atomic mass is 10.0. The zero-order chi connectivity index (χ0) is 34.2. The first-order valence-corrected chi connectivity index (χ1v) is 17.2. The lowest BCUT2D eigenvalue weighted by Crippen LogP contribution is -2.50. The number of hydrogen-bond donors (Lipinski definition) is 1. The minimum absolute atomic E-state index is 0.00234. The quantitative estimate of drug-likeness (QED) is 0.266. The van der Waals surface area contributed by atoms with Gasteiger partial charge in [0.05, 0.1) is 17.6 Å². The Bertz CT molecular complexity index is 1900. The van der Waals surface area contributed by atoms with E-state index in [0.29, 0.717) is 48.8 Å². The molecule has 1 aromatic carbocycles. The second-order valence-electron chi connectivity index (χ2n) is 12.6. The number of piperazine rings is 1. The van der Waals surface area contributed by atoms with Gasteiger partial charge in [-0.15, -0.1) is 0 Å². The van der Waals surface area contributed by atoms with Gasteiger partial charge in [-0.25, -0.2) is 23.2 Å². The van der Waals surface area contributed by atoms with Gasteiger partial charge in [0.1, 0.15) is 17.5 Å². The summed E-state index contributed by atoms with van der Waals surface area (Å²) in [5, 5.41) is 4.81. The molecule has 12 nitrogen and oxygen atoms in total. The first kappa shape index (κ1) is 33.6. The molecule has 48 heavy (non-hydrogen) atoms. The Labute approximate surface area is 282 Å². The van der Waals surface area contributed by atoms with Gasteiger partial charge in [-0.3, -0.25) is 9.71 Å². The zero-order valence-electron chi connectivity index (χ0n) is 26.6. The summed E-state index contributed by atoms with van der Waals surface area (Å²) in [5.41, 5.74) is 1.27. The molecule has 0 saturated carbocycles.